The zero-order valence-corrected chi connectivity index (χ0v) is 13.1. The molecule has 1 aromatic heterocycles. The number of nitrogens with two attached hydrogens (primary N) is 1. The van der Waals surface area contributed by atoms with Crippen molar-refractivity contribution in [3.05, 3.63) is 41.1 Å². The van der Waals surface area contributed by atoms with E-state index < -0.39 is 5.97 Å². The van der Waals surface area contributed by atoms with Crippen LogP contribution in [0.4, 0.5) is 5.82 Å². The number of anilines is 1. The first kappa shape index (κ1) is 15.9. The molecule has 1 aliphatic rings. The van der Waals surface area contributed by atoms with Gasteiger partial charge in [0, 0.05) is 13.1 Å². The molecule has 2 N–H and O–H groups in total. The minimum atomic E-state index is -0.573. The van der Waals surface area contributed by atoms with Gasteiger partial charge in [0.25, 0.3) is 0 Å². The van der Waals surface area contributed by atoms with E-state index in [1.165, 1.54) is 0 Å². The zero-order valence-electron chi connectivity index (χ0n) is 13.1. The lowest BCUT2D eigenvalue weighted by molar-refractivity contribution is 0.0481. The number of aromatic nitrogens is 2. The summed E-state index contributed by atoms with van der Waals surface area (Å²) in [6, 6.07) is 6.99. The molecule has 0 atom stereocenters. The van der Waals surface area contributed by atoms with Gasteiger partial charge in [-0.05, 0) is 29.4 Å². The van der Waals surface area contributed by atoms with Gasteiger partial charge in [-0.3, -0.25) is 0 Å². The molecular formula is C15H17N5O4. The Balaban J connectivity index is 1.82. The van der Waals surface area contributed by atoms with Gasteiger partial charge >= 0.3 is 5.97 Å². The summed E-state index contributed by atoms with van der Waals surface area (Å²) < 4.78 is 9.93. The Hall–Kier alpha value is -2.94. The van der Waals surface area contributed by atoms with Crippen LogP contribution in [0.2, 0.25) is 0 Å². The molecule has 0 saturated carbocycles. The van der Waals surface area contributed by atoms with E-state index in [0.717, 1.165) is 5.56 Å². The average Bonchev–Trinajstić information content (AvgIpc) is 3.02. The summed E-state index contributed by atoms with van der Waals surface area (Å²) >= 11 is 0. The van der Waals surface area contributed by atoms with Crippen molar-refractivity contribution in [2.45, 2.75) is 6.92 Å². The van der Waals surface area contributed by atoms with E-state index in [4.69, 9.17) is 15.3 Å². The molecule has 2 heterocycles. The standard InChI is InChI=1S/C15H17N5O4/c1-10-2-4-11(5-3-10)15(21)23-19-14(12-13(16)18-24-17-12)20-6-8-22-9-7-20/h2-5H,6-9H2,1H3,(H2,16,18)/b19-14-. The Morgan fingerprint density at radius 1 is 1.25 bits per heavy atom. The smallest absolute Gasteiger partial charge is 0.365 e. The van der Waals surface area contributed by atoms with E-state index in [-0.39, 0.29) is 17.3 Å². The molecule has 0 amide bonds. The molecule has 2 aromatic rings. The quantitative estimate of drug-likeness (QED) is 0.380. The summed E-state index contributed by atoms with van der Waals surface area (Å²) in [5.74, 6) is -0.208. The first-order chi connectivity index (χ1) is 11.6. The lowest BCUT2D eigenvalue weighted by Crippen LogP contribution is -2.41. The average molecular weight is 331 g/mol. The van der Waals surface area contributed by atoms with Gasteiger partial charge in [0.1, 0.15) is 0 Å². The summed E-state index contributed by atoms with van der Waals surface area (Å²) in [7, 11) is 0. The first-order valence-electron chi connectivity index (χ1n) is 7.42. The minimum Gasteiger partial charge on any atom is -0.379 e. The molecule has 24 heavy (non-hydrogen) atoms. The second kappa shape index (κ2) is 7.09. The molecular weight excluding hydrogens is 314 g/mol. The van der Waals surface area contributed by atoms with Gasteiger partial charge < -0.3 is 20.2 Å². The van der Waals surface area contributed by atoms with Crippen molar-refractivity contribution in [3.63, 3.8) is 0 Å². The van der Waals surface area contributed by atoms with Crippen LogP contribution in [0, 0.1) is 6.92 Å². The number of morpholine rings is 1. The van der Waals surface area contributed by atoms with E-state index in [9.17, 15) is 4.79 Å². The number of nitrogens with zero attached hydrogens (tertiary/aromatic N) is 4. The van der Waals surface area contributed by atoms with Crippen molar-refractivity contribution in [1.29, 1.82) is 0 Å². The van der Waals surface area contributed by atoms with Crippen molar-refractivity contribution in [3.8, 4) is 0 Å². The number of amidine groups is 1. The lowest BCUT2D eigenvalue weighted by Gasteiger charge is -2.28. The lowest BCUT2D eigenvalue weighted by atomic mass is 10.2. The molecule has 0 bridgehead atoms. The fraction of sp³-hybridized carbons (Fsp3) is 0.333. The highest BCUT2D eigenvalue weighted by molar-refractivity contribution is 6.00. The number of benzene rings is 1. The maximum absolute atomic E-state index is 12.1. The SMILES string of the molecule is Cc1ccc(C(=O)O/N=C(/c2nonc2N)N2CCOCC2)cc1. The fourth-order valence-electron chi connectivity index (χ4n) is 2.20. The number of aryl methyl sites for hydroxylation is 1. The van der Waals surface area contributed by atoms with Crippen LogP contribution in [-0.2, 0) is 9.57 Å². The molecule has 3 rings (SSSR count). The molecule has 9 heteroatoms. The van der Waals surface area contributed by atoms with E-state index >= 15 is 0 Å². The molecule has 0 radical (unpaired) electrons. The maximum Gasteiger partial charge on any atom is 0.365 e. The Morgan fingerprint density at radius 2 is 1.96 bits per heavy atom. The second-order valence-electron chi connectivity index (χ2n) is 5.26. The summed E-state index contributed by atoms with van der Waals surface area (Å²) in [5, 5.41) is 11.2. The highest BCUT2D eigenvalue weighted by atomic mass is 16.7. The van der Waals surface area contributed by atoms with Crippen LogP contribution in [0.3, 0.4) is 0 Å². The summed E-state index contributed by atoms with van der Waals surface area (Å²) in [6.07, 6.45) is 0. The Kier molecular flexibility index (Phi) is 4.71. The van der Waals surface area contributed by atoms with Gasteiger partial charge in [0.05, 0.1) is 18.8 Å². The molecule has 1 saturated heterocycles. The fourth-order valence-corrected chi connectivity index (χ4v) is 2.20. The van der Waals surface area contributed by atoms with Gasteiger partial charge in [-0.15, -0.1) is 0 Å². The molecule has 126 valence electrons. The number of carbonyl (C=O) groups excluding carboxylic acids is 1. The normalized spacial score (nSPS) is 15.4. The van der Waals surface area contributed by atoms with Crippen LogP contribution in [-0.4, -0.2) is 53.3 Å². The molecule has 1 fully saturated rings. The highest BCUT2D eigenvalue weighted by Crippen LogP contribution is 2.13. The largest absolute Gasteiger partial charge is 0.379 e. The summed E-state index contributed by atoms with van der Waals surface area (Å²) in [6.45, 7) is 4.11. The topological polar surface area (TPSA) is 116 Å². The Bertz CT molecular complexity index is 735. The third kappa shape index (κ3) is 3.51. The predicted molar refractivity (Wildman–Crippen MR) is 84.2 cm³/mol. The number of oxime groups is 1. The second-order valence-corrected chi connectivity index (χ2v) is 5.26. The van der Waals surface area contributed by atoms with Crippen molar-refractivity contribution in [2.24, 2.45) is 5.16 Å². The number of carbonyl (C=O) groups is 1. The number of rotatable bonds is 3. The van der Waals surface area contributed by atoms with Crippen LogP contribution in [0.5, 0.6) is 0 Å². The zero-order chi connectivity index (χ0) is 16.9. The minimum absolute atomic E-state index is 0.0756. The molecule has 1 aliphatic heterocycles. The molecule has 9 nitrogen and oxygen atoms in total. The van der Waals surface area contributed by atoms with Crippen LogP contribution in [0.1, 0.15) is 21.6 Å². The van der Waals surface area contributed by atoms with E-state index in [2.05, 4.69) is 20.1 Å². The van der Waals surface area contributed by atoms with E-state index in [1.807, 2.05) is 24.0 Å². The van der Waals surface area contributed by atoms with Gasteiger partial charge in [0.2, 0.25) is 5.84 Å². The van der Waals surface area contributed by atoms with E-state index in [1.54, 1.807) is 12.1 Å². The van der Waals surface area contributed by atoms with Gasteiger partial charge in [-0.2, -0.15) is 0 Å². The number of nitrogen functional groups attached to an aromatic ring is 1. The van der Waals surface area contributed by atoms with Crippen LogP contribution in [0.25, 0.3) is 0 Å². The number of ether oxygens (including phenoxy) is 1. The van der Waals surface area contributed by atoms with Crippen molar-refractivity contribution < 1.29 is 19.0 Å². The predicted octanol–water partition coefficient (Wildman–Crippen LogP) is 0.811. The number of hydrogen-bond donors (Lipinski definition) is 1. The third-order valence-electron chi connectivity index (χ3n) is 3.54. The van der Waals surface area contributed by atoms with Gasteiger partial charge in [-0.1, -0.05) is 22.9 Å². The monoisotopic (exact) mass is 331 g/mol. The van der Waals surface area contributed by atoms with Crippen LogP contribution < -0.4 is 5.73 Å². The Morgan fingerprint density at radius 3 is 2.58 bits per heavy atom. The van der Waals surface area contributed by atoms with Gasteiger partial charge in [-0.25, -0.2) is 9.42 Å². The Labute approximate surface area is 138 Å². The molecule has 0 spiro atoms. The number of hydrogen-bond acceptors (Lipinski definition) is 8. The molecule has 0 aliphatic carbocycles. The maximum atomic E-state index is 12.1. The van der Waals surface area contributed by atoms with Crippen LogP contribution >= 0.6 is 0 Å². The summed E-state index contributed by atoms with van der Waals surface area (Å²) in [5.41, 5.74) is 7.41. The third-order valence-corrected chi connectivity index (χ3v) is 3.54. The van der Waals surface area contributed by atoms with Crippen molar-refractivity contribution >= 4 is 17.6 Å². The highest BCUT2D eigenvalue weighted by Gasteiger charge is 2.24. The van der Waals surface area contributed by atoms with E-state index in [0.29, 0.717) is 31.9 Å². The molecule has 0 unspecified atom stereocenters. The van der Waals surface area contributed by atoms with Crippen LogP contribution in [0.15, 0.2) is 34.1 Å². The first-order valence-corrected chi connectivity index (χ1v) is 7.42. The molecule has 1 aromatic carbocycles. The van der Waals surface area contributed by atoms with Gasteiger partial charge in [0.15, 0.2) is 11.5 Å². The summed E-state index contributed by atoms with van der Waals surface area (Å²) in [4.78, 5) is 19.0. The van der Waals surface area contributed by atoms with Crippen molar-refractivity contribution in [1.82, 2.24) is 15.2 Å². The van der Waals surface area contributed by atoms with Crippen molar-refractivity contribution in [2.75, 3.05) is 32.0 Å².